The molecular weight excluding hydrogens is 290 g/mol. The Balaban J connectivity index is 1.57. The monoisotopic (exact) mass is 313 g/mol. The Hall–Kier alpha value is -2.21. The van der Waals surface area contributed by atoms with Crippen LogP contribution < -0.4 is 5.32 Å². The van der Waals surface area contributed by atoms with E-state index >= 15 is 0 Å². The molecule has 1 amide bonds. The van der Waals surface area contributed by atoms with Crippen molar-refractivity contribution in [1.29, 1.82) is 0 Å². The number of aromatic nitrogens is 3. The fourth-order valence-corrected chi connectivity index (χ4v) is 2.52. The number of rotatable bonds is 7. The van der Waals surface area contributed by atoms with Gasteiger partial charge < -0.3 is 10.2 Å². The lowest BCUT2D eigenvalue weighted by molar-refractivity contribution is -0.130. The van der Waals surface area contributed by atoms with Gasteiger partial charge in [-0.3, -0.25) is 4.79 Å². The lowest BCUT2D eigenvalue weighted by atomic mass is 10.1. The van der Waals surface area contributed by atoms with Crippen LogP contribution >= 0.6 is 0 Å². The van der Waals surface area contributed by atoms with Crippen molar-refractivity contribution in [2.24, 2.45) is 5.92 Å². The predicted octanol–water partition coefficient (Wildman–Crippen LogP) is 1.79. The molecule has 122 valence electrons. The Morgan fingerprint density at radius 3 is 2.74 bits per heavy atom. The molecule has 1 aliphatic rings. The fraction of sp³-hybridized carbons (Fsp3) is 0.471. The average Bonchev–Trinajstić information content (AvgIpc) is 3.24. The number of carbonyl (C=O) groups excluding carboxylic acids is 1. The summed E-state index contributed by atoms with van der Waals surface area (Å²) in [4.78, 5) is 18.0. The Morgan fingerprint density at radius 1 is 1.39 bits per heavy atom. The van der Waals surface area contributed by atoms with Crippen LogP contribution in [0.25, 0.3) is 5.69 Å². The highest BCUT2D eigenvalue weighted by Crippen LogP contribution is 2.27. The highest BCUT2D eigenvalue weighted by atomic mass is 16.2. The van der Waals surface area contributed by atoms with Gasteiger partial charge in [-0.15, -0.1) is 0 Å². The SMILES string of the molecule is CC(c1ccc(-n2cncn2)cc1)N(C)C(=O)CNCC1CC1. The van der Waals surface area contributed by atoms with E-state index in [0.717, 1.165) is 23.7 Å². The number of carbonyl (C=O) groups is 1. The number of nitrogens with zero attached hydrogens (tertiary/aromatic N) is 4. The third-order valence-electron chi connectivity index (χ3n) is 4.44. The van der Waals surface area contributed by atoms with Gasteiger partial charge in [-0.1, -0.05) is 12.1 Å². The molecule has 1 saturated carbocycles. The van der Waals surface area contributed by atoms with Crippen molar-refractivity contribution in [3.63, 3.8) is 0 Å². The topological polar surface area (TPSA) is 63.1 Å². The zero-order valence-corrected chi connectivity index (χ0v) is 13.6. The van der Waals surface area contributed by atoms with Crippen molar-refractivity contribution in [3.05, 3.63) is 42.5 Å². The van der Waals surface area contributed by atoms with Crippen molar-refractivity contribution in [3.8, 4) is 5.69 Å². The van der Waals surface area contributed by atoms with Gasteiger partial charge in [0.05, 0.1) is 18.3 Å². The van der Waals surface area contributed by atoms with E-state index in [9.17, 15) is 4.79 Å². The minimum absolute atomic E-state index is 0.0371. The van der Waals surface area contributed by atoms with Gasteiger partial charge in [-0.05, 0) is 49.9 Å². The molecule has 23 heavy (non-hydrogen) atoms. The first kappa shape index (κ1) is 15.7. The highest BCUT2D eigenvalue weighted by molar-refractivity contribution is 5.78. The molecule has 1 aromatic carbocycles. The third-order valence-corrected chi connectivity index (χ3v) is 4.44. The molecule has 0 saturated heterocycles. The molecule has 0 radical (unpaired) electrons. The number of hydrogen-bond donors (Lipinski definition) is 1. The zero-order valence-electron chi connectivity index (χ0n) is 13.6. The van der Waals surface area contributed by atoms with Crippen molar-refractivity contribution >= 4 is 5.91 Å². The molecule has 6 nitrogen and oxygen atoms in total. The molecule has 0 aliphatic heterocycles. The Kier molecular flexibility index (Phi) is 4.71. The van der Waals surface area contributed by atoms with Gasteiger partial charge >= 0.3 is 0 Å². The number of nitrogens with one attached hydrogen (secondary N) is 1. The van der Waals surface area contributed by atoms with Crippen molar-refractivity contribution in [2.45, 2.75) is 25.8 Å². The van der Waals surface area contributed by atoms with Crippen LogP contribution in [-0.2, 0) is 4.79 Å². The van der Waals surface area contributed by atoms with Gasteiger partial charge in [-0.2, -0.15) is 5.10 Å². The second-order valence-corrected chi connectivity index (χ2v) is 6.19. The molecule has 1 N–H and O–H groups in total. The van der Waals surface area contributed by atoms with Crippen LogP contribution in [0.5, 0.6) is 0 Å². The summed E-state index contributed by atoms with van der Waals surface area (Å²) in [7, 11) is 1.86. The Morgan fingerprint density at radius 2 is 2.13 bits per heavy atom. The van der Waals surface area contributed by atoms with Gasteiger partial charge in [0, 0.05) is 7.05 Å². The van der Waals surface area contributed by atoms with Crippen LogP contribution in [-0.4, -0.2) is 45.7 Å². The molecule has 1 aromatic heterocycles. The van der Waals surface area contributed by atoms with E-state index in [-0.39, 0.29) is 11.9 Å². The molecule has 3 rings (SSSR count). The maximum atomic E-state index is 12.3. The van der Waals surface area contributed by atoms with E-state index in [1.807, 2.05) is 38.2 Å². The van der Waals surface area contributed by atoms with Crippen LogP contribution in [0.2, 0.25) is 0 Å². The van der Waals surface area contributed by atoms with Gasteiger partial charge in [0.15, 0.2) is 0 Å². The maximum Gasteiger partial charge on any atom is 0.236 e. The van der Waals surface area contributed by atoms with E-state index in [1.165, 1.54) is 19.2 Å². The Labute approximate surface area is 136 Å². The summed E-state index contributed by atoms with van der Waals surface area (Å²) in [5, 5.41) is 7.36. The van der Waals surface area contributed by atoms with Crippen molar-refractivity contribution in [2.75, 3.05) is 20.1 Å². The third kappa shape index (κ3) is 3.96. The number of hydrogen-bond acceptors (Lipinski definition) is 4. The fourth-order valence-electron chi connectivity index (χ4n) is 2.52. The first-order chi connectivity index (χ1) is 11.1. The summed E-state index contributed by atoms with van der Waals surface area (Å²) < 4.78 is 1.71. The van der Waals surface area contributed by atoms with Gasteiger partial charge in [-0.25, -0.2) is 9.67 Å². The molecule has 0 spiro atoms. The minimum atomic E-state index is 0.0371. The molecule has 1 heterocycles. The molecule has 6 heteroatoms. The van der Waals surface area contributed by atoms with E-state index in [4.69, 9.17) is 0 Å². The Bertz CT molecular complexity index is 634. The van der Waals surface area contributed by atoms with Crippen LogP contribution in [0.3, 0.4) is 0 Å². The van der Waals surface area contributed by atoms with E-state index in [1.54, 1.807) is 15.9 Å². The van der Waals surface area contributed by atoms with Gasteiger partial charge in [0.25, 0.3) is 0 Å². The molecular formula is C17H23N5O. The number of amides is 1. The number of likely N-dealkylation sites (N-methyl/N-ethyl adjacent to an activating group) is 1. The molecule has 1 unspecified atom stereocenters. The first-order valence-electron chi connectivity index (χ1n) is 8.06. The predicted molar refractivity (Wildman–Crippen MR) is 88.1 cm³/mol. The standard InChI is InChI=1S/C17H23N5O/c1-13(21(2)17(23)10-18-9-14-3-4-14)15-5-7-16(8-6-15)22-12-19-11-20-22/h5-8,11-14,18H,3-4,9-10H2,1-2H3. The molecule has 1 aliphatic carbocycles. The summed E-state index contributed by atoms with van der Waals surface area (Å²) >= 11 is 0. The van der Waals surface area contributed by atoms with E-state index < -0.39 is 0 Å². The van der Waals surface area contributed by atoms with Crippen LogP contribution in [0, 0.1) is 5.92 Å². The second-order valence-electron chi connectivity index (χ2n) is 6.19. The summed E-state index contributed by atoms with van der Waals surface area (Å²) in [6.07, 6.45) is 5.77. The summed E-state index contributed by atoms with van der Waals surface area (Å²) in [5.41, 5.74) is 2.06. The smallest absolute Gasteiger partial charge is 0.236 e. The van der Waals surface area contributed by atoms with Gasteiger partial charge in [0.2, 0.25) is 5.91 Å². The maximum absolute atomic E-state index is 12.3. The van der Waals surface area contributed by atoms with Crippen LogP contribution in [0.15, 0.2) is 36.9 Å². The largest absolute Gasteiger partial charge is 0.338 e. The second kappa shape index (κ2) is 6.91. The number of benzene rings is 1. The molecule has 1 atom stereocenters. The highest BCUT2D eigenvalue weighted by Gasteiger charge is 2.22. The van der Waals surface area contributed by atoms with E-state index in [0.29, 0.717) is 6.54 Å². The minimum Gasteiger partial charge on any atom is -0.338 e. The normalized spacial score (nSPS) is 15.4. The zero-order chi connectivity index (χ0) is 16.2. The lowest BCUT2D eigenvalue weighted by Gasteiger charge is -2.25. The lowest BCUT2D eigenvalue weighted by Crippen LogP contribution is -2.37. The molecule has 1 fully saturated rings. The first-order valence-corrected chi connectivity index (χ1v) is 8.06. The van der Waals surface area contributed by atoms with Crippen molar-refractivity contribution in [1.82, 2.24) is 25.0 Å². The summed E-state index contributed by atoms with van der Waals surface area (Å²) in [6.45, 7) is 3.41. The molecule has 0 bridgehead atoms. The summed E-state index contributed by atoms with van der Waals surface area (Å²) in [5.74, 6) is 0.911. The van der Waals surface area contributed by atoms with Crippen LogP contribution in [0.4, 0.5) is 0 Å². The van der Waals surface area contributed by atoms with Gasteiger partial charge in [0.1, 0.15) is 12.7 Å². The quantitative estimate of drug-likeness (QED) is 0.846. The molecule has 2 aromatic rings. The van der Waals surface area contributed by atoms with Crippen molar-refractivity contribution < 1.29 is 4.79 Å². The van der Waals surface area contributed by atoms with E-state index in [2.05, 4.69) is 15.4 Å². The summed E-state index contributed by atoms with van der Waals surface area (Å²) in [6, 6.07) is 8.08. The van der Waals surface area contributed by atoms with Crippen LogP contribution in [0.1, 0.15) is 31.4 Å². The average molecular weight is 313 g/mol.